The molecule has 1 aromatic carbocycles. The minimum atomic E-state index is -0.365. The number of amides is 3. The largest absolute Gasteiger partial charge is 0.445 e. The van der Waals surface area contributed by atoms with Crippen molar-refractivity contribution in [2.45, 2.75) is 20.5 Å². The van der Waals surface area contributed by atoms with Gasteiger partial charge in [0, 0.05) is 26.2 Å². The molecule has 1 fully saturated rings. The third-order valence-corrected chi connectivity index (χ3v) is 6.99. The first-order valence-electron chi connectivity index (χ1n) is 9.67. The molecule has 0 bridgehead atoms. The summed E-state index contributed by atoms with van der Waals surface area (Å²) in [5, 5.41) is 2.72. The monoisotopic (exact) mass is 408 g/mol. The Labute approximate surface area is 169 Å². The summed E-state index contributed by atoms with van der Waals surface area (Å²) < 4.78 is 5.33. The van der Waals surface area contributed by atoms with Gasteiger partial charge < -0.3 is 19.9 Å². The van der Waals surface area contributed by atoms with Gasteiger partial charge in [-0.25, -0.2) is 4.79 Å². The first kappa shape index (κ1) is 22.1. The second kappa shape index (κ2) is 11.6. The third-order valence-electron chi connectivity index (χ3n) is 4.68. The van der Waals surface area contributed by atoms with Crippen LogP contribution in [0.5, 0.6) is 0 Å². The quantitative estimate of drug-likeness (QED) is 0.657. The van der Waals surface area contributed by atoms with E-state index in [0.717, 1.165) is 17.1 Å². The molecule has 0 unspecified atom stereocenters. The Morgan fingerprint density at radius 2 is 1.61 bits per heavy atom. The van der Waals surface area contributed by atoms with Gasteiger partial charge >= 0.3 is 6.09 Å². The average molecular weight is 409 g/mol. The molecule has 0 saturated carbocycles. The second-order valence-electron chi connectivity index (χ2n) is 6.52. The van der Waals surface area contributed by atoms with Gasteiger partial charge in [-0.2, -0.15) is 0 Å². The number of nitrogens with one attached hydrogen (secondary N) is 1. The lowest BCUT2D eigenvalue weighted by Gasteiger charge is -2.34. The molecule has 8 heteroatoms. The fraction of sp³-hybridized carbons (Fsp3) is 0.550. The maximum absolute atomic E-state index is 12.3. The van der Waals surface area contributed by atoms with Crippen LogP contribution < -0.4 is 5.32 Å². The van der Waals surface area contributed by atoms with Gasteiger partial charge in [0.05, 0.1) is 6.54 Å². The predicted molar refractivity (Wildman–Crippen MR) is 111 cm³/mol. The van der Waals surface area contributed by atoms with Crippen LogP contribution in [0.1, 0.15) is 19.4 Å². The lowest BCUT2D eigenvalue weighted by atomic mass is 10.2. The van der Waals surface area contributed by atoms with E-state index in [-0.39, 0.29) is 42.0 Å². The van der Waals surface area contributed by atoms with E-state index in [9.17, 15) is 14.4 Å². The molecule has 0 aromatic heterocycles. The van der Waals surface area contributed by atoms with Gasteiger partial charge in [-0.05, 0) is 30.3 Å². The summed E-state index contributed by atoms with van der Waals surface area (Å²) in [5.41, 5.74) is 0.939. The van der Waals surface area contributed by atoms with E-state index < -0.39 is 0 Å². The zero-order valence-corrected chi connectivity index (χ0v) is 17.5. The van der Waals surface area contributed by atoms with Crippen LogP contribution >= 0.6 is 0 Å². The van der Waals surface area contributed by atoms with Gasteiger partial charge in [-0.1, -0.05) is 30.3 Å². The van der Waals surface area contributed by atoms with Crippen LogP contribution in [0.15, 0.2) is 30.3 Å². The molecule has 1 N–H and O–H groups in total. The Kier molecular flexibility index (Phi) is 9.13. The molecule has 1 heterocycles. The molecule has 1 aliphatic heterocycles. The summed E-state index contributed by atoms with van der Waals surface area (Å²) in [6.07, 6.45) is -0.365. The highest BCUT2D eigenvalue weighted by Crippen LogP contribution is 2.07. The summed E-state index contributed by atoms with van der Waals surface area (Å²) in [4.78, 5) is 39.7. The fourth-order valence-electron chi connectivity index (χ4n) is 2.88. The van der Waals surface area contributed by atoms with E-state index in [1.165, 1.54) is 0 Å². The number of rotatable bonds is 8. The van der Waals surface area contributed by atoms with Crippen molar-refractivity contribution in [2.75, 3.05) is 50.0 Å². The van der Waals surface area contributed by atoms with E-state index in [2.05, 4.69) is 19.2 Å². The summed E-state index contributed by atoms with van der Waals surface area (Å²) in [7, 11) is 0.0909. The Bertz CT molecular complexity index is 644. The molecule has 7 nitrogen and oxygen atoms in total. The molecule has 28 heavy (non-hydrogen) atoms. The number of benzene rings is 1. The SMILES string of the molecule is CC[S+](CC)CC(=O)NCC(=O)N1CCN(C(=O)OCc2ccccc2)CC1. The van der Waals surface area contributed by atoms with Gasteiger partial charge in [0.15, 0.2) is 5.75 Å². The smallest absolute Gasteiger partial charge is 0.410 e. The van der Waals surface area contributed by atoms with Crippen LogP contribution in [0.4, 0.5) is 4.79 Å². The number of carbonyl (C=O) groups excluding carboxylic acids is 3. The number of hydrogen-bond acceptors (Lipinski definition) is 4. The molecule has 0 atom stereocenters. The number of nitrogens with zero attached hydrogens (tertiary/aromatic N) is 2. The Morgan fingerprint density at radius 3 is 2.21 bits per heavy atom. The standard InChI is InChI=1S/C20H29N3O4S/c1-3-28(4-2)16-18(24)21-14-19(25)22-10-12-23(13-11-22)20(26)27-15-17-8-6-5-7-9-17/h5-9H,3-4,10-16H2,1-2H3/p+1. The molecule has 3 amide bonds. The van der Waals surface area contributed by atoms with Gasteiger partial charge in [0.1, 0.15) is 18.1 Å². The van der Waals surface area contributed by atoms with Crippen molar-refractivity contribution in [1.82, 2.24) is 15.1 Å². The molecule has 0 spiro atoms. The molecule has 0 aliphatic carbocycles. The average Bonchev–Trinajstić information content (AvgIpc) is 2.74. The van der Waals surface area contributed by atoms with E-state index in [1.807, 2.05) is 30.3 Å². The molecule has 2 rings (SSSR count). The second-order valence-corrected chi connectivity index (χ2v) is 9.19. The summed E-state index contributed by atoms with van der Waals surface area (Å²) in [6.45, 7) is 6.17. The molecular weight excluding hydrogens is 378 g/mol. The summed E-state index contributed by atoms with van der Waals surface area (Å²) in [6, 6.07) is 9.52. The van der Waals surface area contributed by atoms with Crippen LogP contribution in [0.25, 0.3) is 0 Å². The van der Waals surface area contributed by atoms with Crippen molar-refractivity contribution in [1.29, 1.82) is 0 Å². The molecule has 154 valence electrons. The van der Waals surface area contributed by atoms with E-state index in [1.54, 1.807) is 9.80 Å². The van der Waals surface area contributed by atoms with Crippen molar-refractivity contribution in [3.63, 3.8) is 0 Å². The Morgan fingerprint density at radius 1 is 1.00 bits per heavy atom. The lowest BCUT2D eigenvalue weighted by Crippen LogP contribution is -2.52. The number of hydrogen-bond donors (Lipinski definition) is 1. The van der Waals surface area contributed by atoms with E-state index in [0.29, 0.717) is 31.9 Å². The van der Waals surface area contributed by atoms with Crippen molar-refractivity contribution in [2.24, 2.45) is 0 Å². The first-order valence-corrected chi connectivity index (χ1v) is 11.4. The highest BCUT2D eigenvalue weighted by molar-refractivity contribution is 7.97. The summed E-state index contributed by atoms with van der Waals surface area (Å²) >= 11 is 0. The maximum atomic E-state index is 12.3. The number of carbonyl (C=O) groups is 3. The van der Waals surface area contributed by atoms with Crippen molar-refractivity contribution in [3.05, 3.63) is 35.9 Å². The van der Waals surface area contributed by atoms with E-state index in [4.69, 9.17) is 4.74 Å². The number of piperazine rings is 1. The first-order chi connectivity index (χ1) is 13.5. The van der Waals surface area contributed by atoms with Gasteiger partial charge in [0.25, 0.3) is 5.91 Å². The van der Waals surface area contributed by atoms with Crippen LogP contribution in [-0.2, 0) is 31.8 Å². The zero-order chi connectivity index (χ0) is 20.4. The molecule has 1 saturated heterocycles. The molecule has 0 radical (unpaired) electrons. The normalized spacial score (nSPS) is 14.1. The number of ether oxygens (including phenoxy) is 1. The topological polar surface area (TPSA) is 79.0 Å². The lowest BCUT2D eigenvalue weighted by molar-refractivity contribution is -0.133. The maximum Gasteiger partial charge on any atom is 0.410 e. The predicted octanol–water partition coefficient (Wildman–Crippen LogP) is 1.24. The van der Waals surface area contributed by atoms with Crippen LogP contribution in [-0.4, -0.2) is 77.7 Å². The summed E-state index contributed by atoms with van der Waals surface area (Å²) in [5.74, 6) is 2.28. The molecule has 1 aromatic rings. The highest BCUT2D eigenvalue weighted by atomic mass is 32.2. The van der Waals surface area contributed by atoms with Crippen molar-refractivity contribution < 1.29 is 19.1 Å². The van der Waals surface area contributed by atoms with Gasteiger partial charge in [-0.15, -0.1) is 0 Å². The Balaban J connectivity index is 1.67. The minimum absolute atomic E-state index is 0.0158. The fourth-order valence-corrected chi connectivity index (χ4v) is 4.17. The van der Waals surface area contributed by atoms with Crippen molar-refractivity contribution in [3.8, 4) is 0 Å². The Hall–Kier alpha value is -2.22. The van der Waals surface area contributed by atoms with Crippen LogP contribution in [0.2, 0.25) is 0 Å². The molecule has 1 aliphatic rings. The van der Waals surface area contributed by atoms with Gasteiger partial charge in [-0.3, -0.25) is 9.59 Å². The van der Waals surface area contributed by atoms with Crippen LogP contribution in [0.3, 0.4) is 0 Å². The van der Waals surface area contributed by atoms with Crippen molar-refractivity contribution >= 4 is 28.8 Å². The molecular formula is C20H30N3O4S+. The van der Waals surface area contributed by atoms with E-state index >= 15 is 0 Å². The van der Waals surface area contributed by atoms with Gasteiger partial charge in [0.2, 0.25) is 5.91 Å². The zero-order valence-electron chi connectivity index (χ0n) is 16.7. The highest BCUT2D eigenvalue weighted by Gasteiger charge is 2.26. The van der Waals surface area contributed by atoms with Crippen LogP contribution in [0, 0.1) is 0 Å². The third kappa shape index (κ3) is 7.07. The minimum Gasteiger partial charge on any atom is -0.445 e.